The van der Waals surface area contributed by atoms with E-state index in [4.69, 9.17) is 0 Å². The van der Waals surface area contributed by atoms with Crippen molar-refractivity contribution >= 4 is 5.82 Å². The van der Waals surface area contributed by atoms with Gasteiger partial charge in [-0.1, -0.05) is 6.07 Å². The van der Waals surface area contributed by atoms with Gasteiger partial charge in [-0.2, -0.15) is 0 Å². The third kappa shape index (κ3) is 1.28. The Balaban J connectivity index is 1.77. The van der Waals surface area contributed by atoms with Crippen LogP contribution in [-0.2, 0) is 0 Å². The molecule has 1 aromatic heterocycles. The average molecular weight is 189 g/mol. The van der Waals surface area contributed by atoms with Gasteiger partial charge in [0, 0.05) is 32.4 Å². The van der Waals surface area contributed by atoms with Crippen molar-refractivity contribution in [3.63, 3.8) is 0 Å². The zero-order valence-corrected chi connectivity index (χ0v) is 8.19. The van der Waals surface area contributed by atoms with Crippen molar-refractivity contribution in [1.82, 2.24) is 10.3 Å². The van der Waals surface area contributed by atoms with Crippen molar-refractivity contribution in [2.24, 2.45) is 11.8 Å². The maximum Gasteiger partial charge on any atom is 0.128 e. The lowest BCUT2D eigenvalue weighted by molar-refractivity contribution is 0.533. The first-order valence-corrected chi connectivity index (χ1v) is 5.30. The lowest BCUT2D eigenvalue weighted by Gasteiger charge is -2.17. The first-order valence-electron chi connectivity index (χ1n) is 5.30. The molecule has 0 bridgehead atoms. The second-order valence-corrected chi connectivity index (χ2v) is 4.27. The van der Waals surface area contributed by atoms with E-state index in [0.29, 0.717) is 0 Å². The van der Waals surface area contributed by atoms with E-state index in [2.05, 4.69) is 27.3 Å². The van der Waals surface area contributed by atoms with Crippen molar-refractivity contribution in [1.29, 1.82) is 0 Å². The summed E-state index contributed by atoms with van der Waals surface area (Å²) >= 11 is 0. The molecular formula is C11H15N3. The summed E-state index contributed by atoms with van der Waals surface area (Å²) in [7, 11) is 0. The van der Waals surface area contributed by atoms with Crippen molar-refractivity contribution in [2.45, 2.75) is 0 Å². The fourth-order valence-electron chi connectivity index (χ4n) is 2.58. The van der Waals surface area contributed by atoms with Gasteiger partial charge in [0.05, 0.1) is 0 Å². The zero-order chi connectivity index (χ0) is 9.38. The minimum Gasteiger partial charge on any atom is -0.356 e. The van der Waals surface area contributed by atoms with E-state index in [1.165, 1.54) is 26.2 Å². The van der Waals surface area contributed by atoms with E-state index in [1.807, 2.05) is 12.3 Å². The highest BCUT2D eigenvalue weighted by Crippen LogP contribution is 2.28. The molecule has 0 aliphatic carbocycles. The normalized spacial score (nSPS) is 30.7. The summed E-state index contributed by atoms with van der Waals surface area (Å²) in [6, 6.07) is 6.14. The SMILES string of the molecule is c1ccc(N2CC3CNCC3C2)nc1. The van der Waals surface area contributed by atoms with Crippen LogP contribution in [0.25, 0.3) is 0 Å². The van der Waals surface area contributed by atoms with Crippen molar-refractivity contribution in [2.75, 3.05) is 31.1 Å². The topological polar surface area (TPSA) is 28.2 Å². The Hall–Kier alpha value is -1.09. The molecule has 0 amide bonds. The van der Waals surface area contributed by atoms with Crippen LogP contribution in [0, 0.1) is 11.8 Å². The molecule has 3 heteroatoms. The summed E-state index contributed by atoms with van der Waals surface area (Å²) in [5, 5.41) is 3.45. The Morgan fingerprint density at radius 1 is 1.21 bits per heavy atom. The minimum absolute atomic E-state index is 0.844. The maximum absolute atomic E-state index is 4.39. The van der Waals surface area contributed by atoms with Crippen LogP contribution in [0.3, 0.4) is 0 Å². The number of fused-ring (bicyclic) bond motifs is 1. The fraction of sp³-hybridized carbons (Fsp3) is 0.545. The molecule has 14 heavy (non-hydrogen) atoms. The number of anilines is 1. The van der Waals surface area contributed by atoms with Gasteiger partial charge in [0.2, 0.25) is 0 Å². The van der Waals surface area contributed by atoms with Crippen LogP contribution >= 0.6 is 0 Å². The van der Waals surface area contributed by atoms with Crippen LogP contribution in [0.5, 0.6) is 0 Å². The lowest BCUT2D eigenvalue weighted by atomic mass is 10.0. The molecule has 2 fully saturated rings. The van der Waals surface area contributed by atoms with Gasteiger partial charge in [-0.05, 0) is 24.0 Å². The number of rotatable bonds is 1. The largest absolute Gasteiger partial charge is 0.356 e. The van der Waals surface area contributed by atoms with Gasteiger partial charge in [0.15, 0.2) is 0 Å². The fourth-order valence-corrected chi connectivity index (χ4v) is 2.58. The van der Waals surface area contributed by atoms with E-state index < -0.39 is 0 Å². The first kappa shape index (κ1) is 8.24. The van der Waals surface area contributed by atoms with Gasteiger partial charge in [0.25, 0.3) is 0 Å². The Morgan fingerprint density at radius 2 is 2.00 bits per heavy atom. The second kappa shape index (κ2) is 3.24. The van der Waals surface area contributed by atoms with Crippen LogP contribution in [0.1, 0.15) is 0 Å². The summed E-state index contributed by atoms with van der Waals surface area (Å²) in [5.41, 5.74) is 0. The van der Waals surface area contributed by atoms with E-state index in [1.54, 1.807) is 0 Å². The standard InChI is InChI=1S/C11H15N3/c1-2-4-13-11(3-1)14-7-9-5-12-6-10(9)8-14/h1-4,9-10,12H,5-8H2. The number of hydrogen-bond acceptors (Lipinski definition) is 3. The molecule has 1 aromatic rings. The summed E-state index contributed by atoms with van der Waals surface area (Å²) in [6.07, 6.45) is 1.88. The van der Waals surface area contributed by atoms with Gasteiger partial charge in [-0.15, -0.1) is 0 Å². The molecule has 3 rings (SSSR count). The number of pyridine rings is 1. The Bertz CT molecular complexity index is 300. The molecule has 0 saturated carbocycles. The molecule has 0 aromatic carbocycles. The van der Waals surface area contributed by atoms with Crippen molar-refractivity contribution < 1.29 is 0 Å². The highest BCUT2D eigenvalue weighted by atomic mass is 15.2. The molecule has 3 nitrogen and oxygen atoms in total. The van der Waals surface area contributed by atoms with Crippen LogP contribution < -0.4 is 10.2 Å². The predicted molar refractivity (Wildman–Crippen MR) is 56.3 cm³/mol. The number of aromatic nitrogens is 1. The third-order valence-electron chi connectivity index (χ3n) is 3.36. The molecule has 1 N–H and O–H groups in total. The molecule has 74 valence electrons. The van der Waals surface area contributed by atoms with Gasteiger partial charge < -0.3 is 10.2 Å². The molecule has 2 saturated heterocycles. The van der Waals surface area contributed by atoms with E-state index in [-0.39, 0.29) is 0 Å². The third-order valence-corrected chi connectivity index (χ3v) is 3.36. The average Bonchev–Trinajstić information content (AvgIpc) is 2.78. The second-order valence-electron chi connectivity index (χ2n) is 4.27. The smallest absolute Gasteiger partial charge is 0.128 e. The van der Waals surface area contributed by atoms with E-state index in [0.717, 1.165) is 17.7 Å². The summed E-state index contributed by atoms with van der Waals surface area (Å²) in [4.78, 5) is 6.81. The Labute approximate surface area is 84.1 Å². The molecular weight excluding hydrogens is 174 g/mol. The number of nitrogens with one attached hydrogen (secondary N) is 1. The first-order chi connectivity index (χ1) is 6.93. The van der Waals surface area contributed by atoms with Crippen LogP contribution in [0.4, 0.5) is 5.82 Å². The number of nitrogens with zero attached hydrogens (tertiary/aromatic N) is 2. The summed E-state index contributed by atoms with van der Waals surface area (Å²) in [6.45, 7) is 4.73. The minimum atomic E-state index is 0.844. The summed E-state index contributed by atoms with van der Waals surface area (Å²) < 4.78 is 0. The lowest BCUT2D eigenvalue weighted by Crippen LogP contribution is -2.25. The highest BCUT2D eigenvalue weighted by molar-refractivity contribution is 5.39. The zero-order valence-electron chi connectivity index (χ0n) is 8.19. The molecule has 2 atom stereocenters. The Morgan fingerprint density at radius 3 is 2.64 bits per heavy atom. The van der Waals surface area contributed by atoms with Crippen LogP contribution in [-0.4, -0.2) is 31.2 Å². The van der Waals surface area contributed by atoms with Gasteiger partial charge in [0.1, 0.15) is 5.82 Å². The molecule has 0 spiro atoms. The maximum atomic E-state index is 4.39. The molecule has 2 unspecified atom stereocenters. The summed E-state index contributed by atoms with van der Waals surface area (Å²) in [5.74, 6) is 2.83. The quantitative estimate of drug-likeness (QED) is 0.706. The molecule has 3 heterocycles. The molecule has 2 aliphatic heterocycles. The van der Waals surface area contributed by atoms with Crippen molar-refractivity contribution in [3.05, 3.63) is 24.4 Å². The van der Waals surface area contributed by atoms with Crippen molar-refractivity contribution in [3.8, 4) is 0 Å². The molecule has 2 aliphatic rings. The molecule has 0 radical (unpaired) electrons. The van der Waals surface area contributed by atoms with E-state index >= 15 is 0 Å². The van der Waals surface area contributed by atoms with E-state index in [9.17, 15) is 0 Å². The van der Waals surface area contributed by atoms with Gasteiger partial charge in [-0.25, -0.2) is 4.98 Å². The van der Waals surface area contributed by atoms with Gasteiger partial charge >= 0.3 is 0 Å². The number of hydrogen-bond donors (Lipinski definition) is 1. The van der Waals surface area contributed by atoms with Crippen LogP contribution in [0.2, 0.25) is 0 Å². The predicted octanol–water partition coefficient (Wildman–Crippen LogP) is 0.737. The Kier molecular flexibility index (Phi) is 1.91. The van der Waals surface area contributed by atoms with Crippen LogP contribution in [0.15, 0.2) is 24.4 Å². The van der Waals surface area contributed by atoms with Gasteiger partial charge in [-0.3, -0.25) is 0 Å². The monoisotopic (exact) mass is 189 g/mol. The highest BCUT2D eigenvalue weighted by Gasteiger charge is 2.36.